The van der Waals surface area contributed by atoms with Gasteiger partial charge >= 0.3 is 0 Å². The third-order valence-electron chi connectivity index (χ3n) is 1.71. The van der Waals surface area contributed by atoms with Crippen LogP contribution < -0.4 is 0 Å². The predicted octanol–water partition coefficient (Wildman–Crippen LogP) is 0.696. The molecule has 2 heterocycles. The van der Waals surface area contributed by atoms with E-state index in [1.54, 1.807) is 6.61 Å². The fourth-order valence-electron chi connectivity index (χ4n) is 1.35. The molecule has 0 aliphatic carbocycles. The molecular formula is C7H11O3Y-. The summed E-state index contributed by atoms with van der Waals surface area (Å²) in [5, 5.41) is 0. The molecule has 2 fully saturated rings. The van der Waals surface area contributed by atoms with Crippen LogP contribution in [0.1, 0.15) is 13.8 Å². The molecule has 0 spiro atoms. The van der Waals surface area contributed by atoms with Gasteiger partial charge in [-0.05, 0) is 20.0 Å². The van der Waals surface area contributed by atoms with Crippen LogP contribution in [0, 0.1) is 6.61 Å². The van der Waals surface area contributed by atoms with Crippen molar-refractivity contribution in [2.75, 3.05) is 6.61 Å². The average Bonchev–Trinajstić information content (AvgIpc) is 2.20. The first-order valence-corrected chi connectivity index (χ1v) is 3.48. The summed E-state index contributed by atoms with van der Waals surface area (Å²) in [5.74, 6) is -0.421. The van der Waals surface area contributed by atoms with Gasteiger partial charge in [0, 0.05) is 39.3 Å². The van der Waals surface area contributed by atoms with Gasteiger partial charge in [0.05, 0.1) is 6.10 Å². The Kier molecular flexibility index (Phi) is 3.10. The molecule has 0 saturated carbocycles. The first-order chi connectivity index (χ1) is 4.67. The summed E-state index contributed by atoms with van der Waals surface area (Å²) in [6.07, 6.45) is 0.171. The molecule has 11 heavy (non-hydrogen) atoms. The molecule has 2 aliphatic heterocycles. The monoisotopic (exact) mass is 232 g/mol. The van der Waals surface area contributed by atoms with E-state index in [0.717, 1.165) is 0 Å². The number of ether oxygens (including phenoxy) is 3. The van der Waals surface area contributed by atoms with Crippen LogP contribution in [0.3, 0.4) is 0 Å². The minimum atomic E-state index is -0.421. The summed E-state index contributed by atoms with van der Waals surface area (Å²) in [6.45, 7) is 6.17. The van der Waals surface area contributed by atoms with Crippen LogP contribution >= 0.6 is 0 Å². The summed E-state index contributed by atoms with van der Waals surface area (Å²) in [7, 11) is 0. The molecule has 2 rings (SSSR count). The molecule has 0 aromatic rings. The molecule has 61 valence electrons. The molecule has 0 N–H and O–H groups in total. The maximum atomic E-state index is 5.49. The number of hydrogen-bond donors (Lipinski definition) is 0. The Labute approximate surface area is 91.6 Å². The van der Waals surface area contributed by atoms with Gasteiger partial charge in [0.25, 0.3) is 0 Å². The van der Waals surface area contributed by atoms with Gasteiger partial charge in [-0.15, -0.1) is 0 Å². The van der Waals surface area contributed by atoms with Crippen molar-refractivity contribution in [3.05, 3.63) is 6.61 Å². The SMILES string of the molecule is CC1(C)O[C@H]2[CH-]OC[C@H]2O1.[Y]. The quantitative estimate of drug-likeness (QED) is 0.575. The minimum absolute atomic E-state index is 0. The Bertz CT molecular complexity index is 135. The molecule has 3 nitrogen and oxygen atoms in total. The largest absolute Gasteiger partial charge is 0.548 e. The molecule has 2 atom stereocenters. The van der Waals surface area contributed by atoms with E-state index in [2.05, 4.69) is 0 Å². The van der Waals surface area contributed by atoms with Gasteiger partial charge in [0.1, 0.15) is 0 Å². The Morgan fingerprint density at radius 3 is 2.73 bits per heavy atom. The molecule has 0 bridgehead atoms. The smallest absolute Gasteiger partial charge is 0.160 e. The molecule has 0 unspecified atom stereocenters. The van der Waals surface area contributed by atoms with Gasteiger partial charge in [0.15, 0.2) is 5.79 Å². The van der Waals surface area contributed by atoms with Crippen molar-refractivity contribution in [1.29, 1.82) is 0 Å². The van der Waals surface area contributed by atoms with Gasteiger partial charge in [0.2, 0.25) is 0 Å². The van der Waals surface area contributed by atoms with E-state index in [4.69, 9.17) is 14.2 Å². The molecule has 0 aromatic heterocycles. The summed E-state index contributed by atoms with van der Waals surface area (Å²) in [5.41, 5.74) is 0. The van der Waals surface area contributed by atoms with Gasteiger partial charge in [-0.2, -0.15) is 6.61 Å². The second-order valence-corrected chi connectivity index (χ2v) is 3.11. The zero-order valence-electron chi connectivity index (χ0n) is 6.74. The fraction of sp³-hybridized carbons (Fsp3) is 0.857. The van der Waals surface area contributed by atoms with Crippen LogP contribution in [-0.2, 0) is 46.9 Å². The van der Waals surface area contributed by atoms with Crippen molar-refractivity contribution in [3.63, 3.8) is 0 Å². The van der Waals surface area contributed by atoms with Crippen LogP contribution in [0.25, 0.3) is 0 Å². The number of rotatable bonds is 0. The van der Waals surface area contributed by atoms with Crippen molar-refractivity contribution in [1.82, 2.24) is 0 Å². The maximum Gasteiger partial charge on any atom is 0.160 e. The second kappa shape index (κ2) is 3.39. The summed E-state index contributed by atoms with van der Waals surface area (Å²) in [4.78, 5) is 0. The third-order valence-corrected chi connectivity index (χ3v) is 1.71. The molecule has 4 heteroatoms. The van der Waals surface area contributed by atoms with Crippen LogP contribution in [0.15, 0.2) is 0 Å². The first kappa shape index (κ1) is 10.1. The molecule has 2 saturated heterocycles. The fourth-order valence-corrected chi connectivity index (χ4v) is 1.35. The Morgan fingerprint density at radius 2 is 2.09 bits per heavy atom. The zero-order chi connectivity index (χ0) is 7.19. The Morgan fingerprint density at radius 1 is 1.36 bits per heavy atom. The molecule has 1 radical (unpaired) electrons. The summed E-state index contributed by atoms with van der Waals surface area (Å²) < 4.78 is 16.0. The van der Waals surface area contributed by atoms with Gasteiger partial charge in [-0.25, -0.2) is 0 Å². The van der Waals surface area contributed by atoms with E-state index < -0.39 is 5.79 Å². The van der Waals surface area contributed by atoms with Crippen molar-refractivity contribution >= 4 is 0 Å². The molecule has 0 aromatic carbocycles. The Hall–Kier alpha value is 0.984. The van der Waals surface area contributed by atoms with Crippen molar-refractivity contribution < 1.29 is 46.9 Å². The van der Waals surface area contributed by atoms with Gasteiger partial charge in [-0.3, -0.25) is 0 Å². The van der Waals surface area contributed by atoms with Crippen LogP contribution in [0.5, 0.6) is 0 Å². The second-order valence-electron chi connectivity index (χ2n) is 3.11. The van der Waals surface area contributed by atoms with E-state index in [1.165, 1.54) is 0 Å². The maximum absolute atomic E-state index is 5.49. The molecule has 0 amide bonds. The summed E-state index contributed by atoms with van der Waals surface area (Å²) in [6, 6.07) is 0. The van der Waals surface area contributed by atoms with E-state index in [9.17, 15) is 0 Å². The van der Waals surface area contributed by atoms with Crippen LogP contribution in [0.4, 0.5) is 0 Å². The average molecular weight is 232 g/mol. The topological polar surface area (TPSA) is 27.7 Å². The number of hydrogen-bond acceptors (Lipinski definition) is 3. The van der Waals surface area contributed by atoms with Crippen LogP contribution in [-0.4, -0.2) is 24.6 Å². The molecule has 2 aliphatic rings. The first-order valence-electron chi connectivity index (χ1n) is 3.48. The van der Waals surface area contributed by atoms with Crippen molar-refractivity contribution in [2.24, 2.45) is 0 Å². The van der Waals surface area contributed by atoms with Gasteiger partial charge in [-0.1, -0.05) is 0 Å². The van der Waals surface area contributed by atoms with Gasteiger partial charge < -0.3 is 14.2 Å². The van der Waals surface area contributed by atoms with E-state index in [-0.39, 0.29) is 44.9 Å². The van der Waals surface area contributed by atoms with E-state index >= 15 is 0 Å². The standard InChI is InChI=1S/C7H11O3.Y/c1-7(2)9-5-3-8-4-6(5)10-7;/h3,5-6H,4H2,1-2H3;/q-1;/t5-,6+;/m0./s1. The predicted molar refractivity (Wildman–Crippen MR) is 34.1 cm³/mol. The summed E-state index contributed by atoms with van der Waals surface area (Å²) >= 11 is 0. The third kappa shape index (κ3) is 2.01. The Balaban J connectivity index is 0.000000605. The number of fused-ring (bicyclic) bond motifs is 1. The normalized spacial score (nSPS) is 39.8. The zero-order valence-corrected chi connectivity index (χ0v) is 9.58. The van der Waals surface area contributed by atoms with Crippen molar-refractivity contribution in [2.45, 2.75) is 31.8 Å². The minimum Gasteiger partial charge on any atom is -0.548 e. The van der Waals surface area contributed by atoms with E-state index in [0.29, 0.717) is 6.61 Å². The van der Waals surface area contributed by atoms with Crippen LogP contribution in [0.2, 0.25) is 0 Å². The molecular weight excluding hydrogens is 221 g/mol. The van der Waals surface area contributed by atoms with E-state index in [1.807, 2.05) is 13.8 Å². The van der Waals surface area contributed by atoms with Crippen molar-refractivity contribution in [3.8, 4) is 0 Å².